The highest BCUT2D eigenvalue weighted by Gasteiger charge is 2.65. The average Bonchev–Trinajstić information content (AvgIpc) is 2.85. The molecule has 2 heterocycles. The molecule has 4 unspecified atom stereocenters. The van der Waals surface area contributed by atoms with E-state index in [0.717, 1.165) is 12.8 Å². The lowest BCUT2D eigenvalue weighted by molar-refractivity contribution is -0.0955. The molecule has 2 nitrogen and oxygen atoms in total. The number of benzene rings is 1. The first kappa shape index (κ1) is 14.6. The number of hydrogen-bond acceptors (Lipinski definition) is 2. The molecule has 4 atom stereocenters. The quantitative estimate of drug-likeness (QED) is 0.761. The Morgan fingerprint density at radius 3 is 2.60 bits per heavy atom. The second-order valence-electron chi connectivity index (χ2n) is 6.69. The molecular weight excluding hydrogens is 316 g/mol. The Morgan fingerprint density at radius 1 is 1.30 bits per heavy atom. The van der Waals surface area contributed by atoms with Crippen LogP contribution in [0.2, 0.25) is 0 Å². The third-order valence-corrected chi connectivity index (χ3v) is 6.09. The monoisotopic (exact) mass is 338 g/mol. The summed E-state index contributed by atoms with van der Waals surface area (Å²) in [6.45, 7) is 7.37. The molecule has 0 amide bonds. The Hall–Kier alpha value is -0.380. The van der Waals surface area contributed by atoms with Gasteiger partial charge in [-0.3, -0.25) is 0 Å². The minimum absolute atomic E-state index is 0.0594. The third-order valence-electron chi connectivity index (χ3n) is 4.99. The maximum atomic E-state index is 6.45. The van der Waals surface area contributed by atoms with Crippen LogP contribution in [0.15, 0.2) is 30.3 Å². The van der Waals surface area contributed by atoms with Crippen LogP contribution in [0.25, 0.3) is 0 Å². The normalized spacial score (nSPS) is 39.6. The Balaban J connectivity index is 1.71. The van der Waals surface area contributed by atoms with E-state index >= 15 is 0 Å². The second-order valence-corrected chi connectivity index (χ2v) is 7.79. The highest BCUT2D eigenvalue weighted by molar-refractivity contribution is 9.09. The van der Waals surface area contributed by atoms with Gasteiger partial charge >= 0.3 is 0 Å². The van der Waals surface area contributed by atoms with Gasteiger partial charge in [0.2, 0.25) is 0 Å². The standard InChI is InChI=1S/C17H23BrO2/c1-12(2)17-10-15(16(3,20-17)9-14(17)18)19-11-13-7-5-4-6-8-13/h4-8,12,14-15H,9-11H2,1-3H3. The molecule has 0 spiro atoms. The lowest BCUT2D eigenvalue weighted by Gasteiger charge is -2.35. The van der Waals surface area contributed by atoms with E-state index in [9.17, 15) is 0 Å². The van der Waals surface area contributed by atoms with Gasteiger partial charge in [0.05, 0.1) is 23.9 Å². The van der Waals surface area contributed by atoms with Crippen LogP contribution in [0.4, 0.5) is 0 Å². The van der Waals surface area contributed by atoms with Crippen LogP contribution >= 0.6 is 15.9 Å². The maximum Gasteiger partial charge on any atom is 0.0936 e. The van der Waals surface area contributed by atoms with Crippen molar-refractivity contribution < 1.29 is 9.47 Å². The van der Waals surface area contributed by atoms with Crippen molar-refractivity contribution in [3.8, 4) is 0 Å². The number of alkyl halides is 1. The zero-order chi connectivity index (χ0) is 14.4. The summed E-state index contributed by atoms with van der Waals surface area (Å²) in [5, 5.41) is 0. The molecule has 0 radical (unpaired) electrons. The molecule has 1 aromatic rings. The molecule has 110 valence electrons. The van der Waals surface area contributed by atoms with Crippen LogP contribution < -0.4 is 0 Å². The van der Waals surface area contributed by atoms with E-state index < -0.39 is 0 Å². The smallest absolute Gasteiger partial charge is 0.0936 e. The Morgan fingerprint density at radius 2 is 2.00 bits per heavy atom. The highest BCUT2D eigenvalue weighted by Crippen LogP contribution is 2.57. The first-order valence-electron chi connectivity index (χ1n) is 7.46. The van der Waals surface area contributed by atoms with Gasteiger partial charge in [-0.05, 0) is 24.8 Å². The van der Waals surface area contributed by atoms with Crippen LogP contribution in [-0.4, -0.2) is 22.1 Å². The van der Waals surface area contributed by atoms with E-state index in [0.29, 0.717) is 17.4 Å². The van der Waals surface area contributed by atoms with Gasteiger partial charge in [-0.25, -0.2) is 0 Å². The summed E-state index contributed by atoms with van der Waals surface area (Å²) in [6, 6.07) is 10.4. The fraction of sp³-hybridized carbons (Fsp3) is 0.647. The Labute approximate surface area is 130 Å². The predicted octanol–water partition coefficient (Wildman–Crippen LogP) is 4.31. The second kappa shape index (κ2) is 5.11. The molecular formula is C17H23BrO2. The van der Waals surface area contributed by atoms with Crippen molar-refractivity contribution in [1.82, 2.24) is 0 Å². The lowest BCUT2D eigenvalue weighted by Crippen LogP contribution is -2.44. The minimum Gasteiger partial charge on any atom is -0.370 e. The SMILES string of the molecule is CC(C)C12CC(OCc3ccccc3)C(C)(CC1Br)O2. The molecule has 0 N–H and O–H groups in total. The molecule has 0 saturated carbocycles. The number of hydrogen-bond donors (Lipinski definition) is 0. The summed E-state index contributed by atoms with van der Waals surface area (Å²) in [5.74, 6) is 0.499. The van der Waals surface area contributed by atoms with E-state index in [4.69, 9.17) is 9.47 Å². The largest absolute Gasteiger partial charge is 0.370 e. The van der Waals surface area contributed by atoms with E-state index in [1.165, 1.54) is 5.56 Å². The number of rotatable bonds is 4. The van der Waals surface area contributed by atoms with Gasteiger partial charge in [0.25, 0.3) is 0 Å². The minimum atomic E-state index is -0.146. The summed E-state index contributed by atoms with van der Waals surface area (Å²) in [6.07, 6.45) is 2.22. The molecule has 2 aliphatic rings. The molecule has 2 fully saturated rings. The van der Waals surface area contributed by atoms with E-state index in [-0.39, 0.29) is 17.3 Å². The van der Waals surface area contributed by atoms with Crippen molar-refractivity contribution in [3.63, 3.8) is 0 Å². The molecule has 2 aliphatic heterocycles. The molecule has 2 saturated heterocycles. The molecule has 3 rings (SSSR count). The number of halogens is 1. The summed E-state index contributed by atoms with van der Waals surface area (Å²) < 4.78 is 12.7. The highest BCUT2D eigenvalue weighted by atomic mass is 79.9. The zero-order valence-electron chi connectivity index (χ0n) is 12.4. The van der Waals surface area contributed by atoms with Crippen LogP contribution in [0.5, 0.6) is 0 Å². The molecule has 20 heavy (non-hydrogen) atoms. The Bertz CT molecular complexity index is 475. The summed E-state index contributed by atoms with van der Waals surface area (Å²) in [5.41, 5.74) is 1.02. The predicted molar refractivity (Wildman–Crippen MR) is 84.0 cm³/mol. The number of fused-ring (bicyclic) bond motifs is 2. The summed E-state index contributed by atoms with van der Waals surface area (Å²) in [4.78, 5) is 0.441. The Kier molecular flexibility index (Phi) is 3.72. The van der Waals surface area contributed by atoms with Gasteiger partial charge in [-0.2, -0.15) is 0 Å². The van der Waals surface area contributed by atoms with Gasteiger partial charge in [0.15, 0.2) is 0 Å². The van der Waals surface area contributed by atoms with Crippen LogP contribution in [0, 0.1) is 5.92 Å². The molecule has 2 bridgehead atoms. The van der Waals surface area contributed by atoms with Crippen molar-refractivity contribution in [1.29, 1.82) is 0 Å². The van der Waals surface area contributed by atoms with E-state index in [1.54, 1.807) is 0 Å². The summed E-state index contributed by atoms with van der Waals surface area (Å²) >= 11 is 3.83. The van der Waals surface area contributed by atoms with Gasteiger partial charge < -0.3 is 9.47 Å². The van der Waals surface area contributed by atoms with Crippen LogP contribution in [-0.2, 0) is 16.1 Å². The van der Waals surface area contributed by atoms with E-state index in [1.807, 2.05) is 6.07 Å². The van der Waals surface area contributed by atoms with Gasteiger partial charge in [0, 0.05) is 11.2 Å². The van der Waals surface area contributed by atoms with Gasteiger partial charge in [0.1, 0.15) is 0 Å². The first-order chi connectivity index (χ1) is 9.46. The van der Waals surface area contributed by atoms with Crippen molar-refractivity contribution in [3.05, 3.63) is 35.9 Å². The zero-order valence-corrected chi connectivity index (χ0v) is 14.0. The molecule has 0 aliphatic carbocycles. The van der Waals surface area contributed by atoms with Crippen LogP contribution in [0.3, 0.4) is 0 Å². The molecule has 3 heteroatoms. The van der Waals surface area contributed by atoms with Crippen LogP contribution in [0.1, 0.15) is 39.2 Å². The lowest BCUT2D eigenvalue weighted by atomic mass is 9.75. The molecule has 0 aromatic heterocycles. The van der Waals surface area contributed by atoms with Gasteiger partial charge in [-0.1, -0.05) is 60.1 Å². The van der Waals surface area contributed by atoms with Crippen molar-refractivity contribution in [2.75, 3.05) is 0 Å². The maximum absolute atomic E-state index is 6.45. The third kappa shape index (κ3) is 2.24. The van der Waals surface area contributed by atoms with Crippen molar-refractivity contribution in [2.24, 2.45) is 5.92 Å². The first-order valence-corrected chi connectivity index (χ1v) is 8.38. The number of ether oxygens (including phenoxy) is 2. The molecule has 1 aromatic carbocycles. The average molecular weight is 339 g/mol. The summed E-state index contributed by atoms with van der Waals surface area (Å²) in [7, 11) is 0. The van der Waals surface area contributed by atoms with Crippen molar-refractivity contribution in [2.45, 2.75) is 62.4 Å². The fourth-order valence-electron chi connectivity index (χ4n) is 3.66. The topological polar surface area (TPSA) is 18.5 Å². The van der Waals surface area contributed by atoms with Gasteiger partial charge in [-0.15, -0.1) is 0 Å². The van der Waals surface area contributed by atoms with E-state index in [2.05, 4.69) is 61.0 Å². The fourth-order valence-corrected chi connectivity index (χ4v) is 5.11. The van der Waals surface area contributed by atoms with Crippen molar-refractivity contribution >= 4 is 15.9 Å².